The predicted octanol–water partition coefficient (Wildman–Crippen LogP) is 3.61. The monoisotopic (exact) mass is 452 g/mol. The molecule has 0 aliphatic carbocycles. The number of aryl methyl sites for hydroxylation is 1. The van der Waals surface area contributed by atoms with Gasteiger partial charge in [-0.05, 0) is 43.3 Å². The Labute approximate surface area is 177 Å². The van der Waals surface area contributed by atoms with E-state index in [0.717, 1.165) is 6.26 Å². The van der Waals surface area contributed by atoms with Gasteiger partial charge in [-0.1, -0.05) is 11.6 Å². The predicted molar refractivity (Wildman–Crippen MR) is 113 cm³/mol. The van der Waals surface area contributed by atoms with Gasteiger partial charge in [0.25, 0.3) is 5.91 Å². The van der Waals surface area contributed by atoms with Crippen LogP contribution >= 0.6 is 11.6 Å². The maximum absolute atomic E-state index is 13.2. The molecule has 0 saturated carbocycles. The van der Waals surface area contributed by atoms with Gasteiger partial charge in [0.15, 0.2) is 0 Å². The third-order valence-electron chi connectivity index (χ3n) is 4.06. The van der Waals surface area contributed by atoms with Gasteiger partial charge >= 0.3 is 0 Å². The zero-order valence-corrected chi connectivity index (χ0v) is 17.8. The van der Waals surface area contributed by atoms with E-state index in [2.05, 4.69) is 15.1 Å². The number of ether oxygens (including phenoxy) is 1. The quantitative estimate of drug-likeness (QED) is 0.594. The summed E-state index contributed by atoms with van der Waals surface area (Å²) in [5.74, 6) is -0.695. The van der Waals surface area contributed by atoms with Crippen LogP contribution in [0, 0.1) is 12.7 Å². The summed E-state index contributed by atoms with van der Waals surface area (Å²) >= 11 is 6.37. The Morgan fingerprint density at radius 3 is 2.47 bits per heavy atom. The molecule has 0 atom stereocenters. The molecule has 0 bridgehead atoms. The van der Waals surface area contributed by atoms with Crippen LogP contribution in [0.1, 0.15) is 16.1 Å². The van der Waals surface area contributed by atoms with Crippen LogP contribution in [0.3, 0.4) is 0 Å². The second-order valence-corrected chi connectivity index (χ2v) is 8.49. The topological polar surface area (TPSA) is 102 Å². The fourth-order valence-electron chi connectivity index (χ4n) is 2.76. The molecule has 11 heteroatoms. The number of halogens is 2. The molecule has 0 aliphatic rings. The maximum Gasteiger partial charge on any atom is 0.260 e. The van der Waals surface area contributed by atoms with Gasteiger partial charge < -0.3 is 10.1 Å². The number of benzene rings is 2. The molecular weight excluding hydrogens is 435 g/mol. The number of rotatable bonds is 6. The summed E-state index contributed by atoms with van der Waals surface area (Å²) in [7, 11) is -2.12. The van der Waals surface area contributed by atoms with Crippen molar-refractivity contribution in [3.8, 4) is 11.4 Å². The highest BCUT2D eigenvalue weighted by atomic mass is 35.5. The molecule has 1 heterocycles. The van der Waals surface area contributed by atoms with Gasteiger partial charge in [-0.2, -0.15) is 5.10 Å². The van der Waals surface area contributed by atoms with Crippen molar-refractivity contribution in [3.05, 3.63) is 64.7 Å². The highest BCUT2D eigenvalue weighted by Crippen LogP contribution is 2.30. The molecule has 1 aromatic heterocycles. The highest BCUT2D eigenvalue weighted by molar-refractivity contribution is 7.92. The SMILES string of the molecule is COc1cc(NC(=O)c2c(C)nn(-c3ccc(F)cc3)c2Cl)ccc1NS(C)(=O)=O. The summed E-state index contributed by atoms with van der Waals surface area (Å²) in [6.45, 7) is 1.63. The number of hydrogen-bond donors (Lipinski definition) is 2. The maximum atomic E-state index is 13.2. The van der Waals surface area contributed by atoms with E-state index in [1.807, 2.05) is 0 Å². The van der Waals surface area contributed by atoms with Crippen molar-refractivity contribution in [1.82, 2.24) is 9.78 Å². The molecule has 1 amide bonds. The molecule has 30 heavy (non-hydrogen) atoms. The van der Waals surface area contributed by atoms with Crippen LogP contribution in [-0.2, 0) is 10.0 Å². The Bertz CT molecular complexity index is 1210. The lowest BCUT2D eigenvalue weighted by atomic mass is 10.2. The van der Waals surface area contributed by atoms with E-state index in [-0.39, 0.29) is 22.2 Å². The van der Waals surface area contributed by atoms with E-state index >= 15 is 0 Å². The molecule has 0 aliphatic heterocycles. The summed E-state index contributed by atoms with van der Waals surface area (Å²) in [6.07, 6.45) is 1.02. The molecular formula is C19H18ClFN4O4S. The van der Waals surface area contributed by atoms with Crippen LogP contribution in [0.4, 0.5) is 15.8 Å². The zero-order valence-electron chi connectivity index (χ0n) is 16.2. The Hall–Kier alpha value is -3.11. The highest BCUT2D eigenvalue weighted by Gasteiger charge is 2.22. The summed E-state index contributed by atoms with van der Waals surface area (Å²) < 4.78 is 44.9. The van der Waals surface area contributed by atoms with Gasteiger partial charge in [-0.25, -0.2) is 17.5 Å². The van der Waals surface area contributed by atoms with E-state index in [1.165, 1.54) is 54.3 Å². The lowest BCUT2D eigenvalue weighted by molar-refractivity contribution is 0.102. The number of aromatic nitrogens is 2. The number of methoxy groups -OCH3 is 1. The van der Waals surface area contributed by atoms with E-state index in [4.69, 9.17) is 16.3 Å². The van der Waals surface area contributed by atoms with Gasteiger partial charge in [0, 0.05) is 11.8 Å². The molecule has 0 saturated heterocycles. The number of anilines is 2. The van der Waals surface area contributed by atoms with Gasteiger partial charge in [0.1, 0.15) is 22.3 Å². The van der Waals surface area contributed by atoms with Crippen LogP contribution in [0.15, 0.2) is 42.5 Å². The molecule has 0 unspecified atom stereocenters. The number of amides is 1. The van der Waals surface area contributed by atoms with Gasteiger partial charge in [-0.15, -0.1) is 0 Å². The molecule has 8 nitrogen and oxygen atoms in total. The Kier molecular flexibility index (Phi) is 5.99. The van der Waals surface area contributed by atoms with Crippen molar-refractivity contribution in [2.24, 2.45) is 0 Å². The van der Waals surface area contributed by atoms with Crippen LogP contribution in [0.25, 0.3) is 5.69 Å². The second-order valence-electron chi connectivity index (χ2n) is 6.38. The molecule has 158 valence electrons. The Balaban J connectivity index is 1.88. The minimum atomic E-state index is -3.50. The van der Waals surface area contributed by atoms with Gasteiger partial charge in [-0.3, -0.25) is 9.52 Å². The first-order valence-electron chi connectivity index (χ1n) is 8.57. The van der Waals surface area contributed by atoms with E-state index in [0.29, 0.717) is 17.1 Å². The first-order chi connectivity index (χ1) is 14.1. The van der Waals surface area contributed by atoms with Crippen molar-refractivity contribution in [2.45, 2.75) is 6.92 Å². The lowest BCUT2D eigenvalue weighted by Crippen LogP contribution is -2.14. The van der Waals surface area contributed by atoms with Crippen LogP contribution in [-0.4, -0.2) is 37.5 Å². The smallest absolute Gasteiger partial charge is 0.260 e. The average Bonchev–Trinajstić information content (AvgIpc) is 2.96. The Morgan fingerprint density at radius 1 is 1.20 bits per heavy atom. The van der Waals surface area contributed by atoms with Crippen LogP contribution < -0.4 is 14.8 Å². The second kappa shape index (κ2) is 8.33. The fraction of sp³-hybridized carbons (Fsp3) is 0.158. The van der Waals surface area contributed by atoms with E-state index in [9.17, 15) is 17.6 Å². The molecule has 0 radical (unpaired) electrons. The number of nitrogens with one attached hydrogen (secondary N) is 2. The first-order valence-corrected chi connectivity index (χ1v) is 10.8. The van der Waals surface area contributed by atoms with Crippen LogP contribution in [0.2, 0.25) is 5.15 Å². The fourth-order valence-corrected chi connectivity index (χ4v) is 3.68. The molecule has 3 aromatic rings. The third-order valence-corrected chi connectivity index (χ3v) is 5.00. The first kappa shape index (κ1) is 21.6. The van der Waals surface area contributed by atoms with Crippen molar-refractivity contribution in [1.29, 1.82) is 0 Å². The molecule has 3 rings (SSSR count). The van der Waals surface area contributed by atoms with Crippen molar-refractivity contribution < 1.29 is 22.3 Å². The minimum Gasteiger partial charge on any atom is -0.494 e. The molecule has 2 N–H and O–H groups in total. The summed E-state index contributed by atoms with van der Waals surface area (Å²) in [6, 6.07) is 9.97. The Morgan fingerprint density at radius 2 is 1.87 bits per heavy atom. The number of carbonyl (C=O) groups excluding carboxylic acids is 1. The summed E-state index contributed by atoms with van der Waals surface area (Å²) in [5.41, 5.74) is 1.63. The normalized spacial score (nSPS) is 11.2. The lowest BCUT2D eigenvalue weighted by Gasteiger charge is -2.12. The third kappa shape index (κ3) is 4.71. The zero-order chi connectivity index (χ0) is 22.1. The van der Waals surface area contributed by atoms with Gasteiger partial charge in [0.2, 0.25) is 10.0 Å². The van der Waals surface area contributed by atoms with E-state index in [1.54, 1.807) is 6.92 Å². The standard InChI is InChI=1S/C19H18ClFN4O4S/c1-11-17(18(20)25(23-11)14-7-4-12(21)5-8-14)19(26)22-13-6-9-15(16(10-13)29-2)24-30(3,27)28/h4-10,24H,1-3H3,(H,22,26). The number of hydrogen-bond acceptors (Lipinski definition) is 5. The largest absolute Gasteiger partial charge is 0.494 e. The molecule has 2 aromatic carbocycles. The van der Waals surface area contributed by atoms with Crippen molar-refractivity contribution >= 4 is 38.9 Å². The molecule has 0 fully saturated rings. The molecule has 0 spiro atoms. The number of carbonyl (C=O) groups is 1. The van der Waals surface area contributed by atoms with Gasteiger partial charge in [0.05, 0.1) is 30.4 Å². The number of sulfonamides is 1. The minimum absolute atomic E-state index is 0.0685. The summed E-state index contributed by atoms with van der Waals surface area (Å²) in [4.78, 5) is 12.8. The van der Waals surface area contributed by atoms with Crippen molar-refractivity contribution in [3.63, 3.8) is 0 Å². The van der Waals surface area contributed by atoms with Crippen molar-refractivity contribution in [2.75, 3.05) is 23.4 Å². The van der Waals surface area contributed by atoms with E-state index < -0.39 is 21.7 Å². The number of nitrogens with zero attached hydrogens (tertiary/aromatic N) is 2. The summed E-state index contributed by atoms with van der Waals surface area (Å²) in [5, 5.41) is 7.01. The van der Waals surface area contributed by atoms with Crippen LogP contribution in [0.5, 0.6) is 5.75 Å². The average molecular weight is 453 g/mol.